The second-order valence-electron chi connectivity index (χ2n) is 7.99. The minimum Gasteiger partial charge on any atom is -0.496 e. The number of ether oxygens (including phenoxy) is 3. The summed E-state index contributed by atoms with van der Waals surface area (Å²) in [4.78, 5) is 9.68. The van der Waals surface area contributed by atoms with E-state index in [1.807, 2.05) is 98.8 Å². The van der Waals surface area contributed by atoms with Crippen LogP contribution in [0, 0.1) is 0 Å². The van der Waals surface area contributed by atoms with Crippen molar-refractivity contribution in [2.24, 2.45) is 0 Å². The van der Waals surface area contributed by atoms with Crippen LogP contribution < -0.4 is 14.2 Å². The van der Waals surface area contributed by atoms with E-state index in [-0.39, 0.29) is 6.10 Å². The van der Waals surface area contributed by atoms with E-state index in [0.717, 1.165) is 56.2 Å². The van der Waals surface area contributed by atoms with Gasteiger partial charge >= 0.3 is 0 Å². The molecule has 0 aliphatic rings. The summed E-state index contributed by atoms with van der Waals surface area (Å²) in [6, 6.07) is 27.3. The van der Waals surface area contributed by atoms with Crippen molar-refractivity contribution in [3.05, 3.63) is 84.9 Å². The van der Waals surface area contributed by atoms with Gasteiger partial charge in [0.15, 0.2) is 0 Å². The molecule has 0 aliphatic heterocycles. The zero-order valence-electron chi connectivity index (χ0n) is 18.8. The first-order valence-corrected chi connectivity index (χ1v) is 10.9. The fraction of sp³-hybridized carbons (Fsp3) is 0.143. The molecule has 164 valence electrons. The SMILES string of the molecule is COc1cccc(OC(C)C)c1-c1ccc2nc3cc(Oc4ccccc4)ccc3nc2c1. The third kappa shape index (κ3) is 4.30. The van der Waals surface area contributed by atoms with Gasteiger partial charge in [0.2, 0.25) is 0 Å². The van der Waals surface area contributed by atoms with Gasteiger partial charge in [-0.2, -0.15) is 0 Å². The van der Waals surface area contributed by atoms with Crippen LogP contribution in [-0.4, -0.2) is 23.2 Å². The van der Waals surface area contributed by atoms with Crippen molar-refractivity contribution in [3.8, 4) is 34.1 Å². The minimum atomic E-state index is 0.0485. The Kier molecular flexibility index (Phi) is 5.53. The van der Waals surface area contributed by atoms with E-state index in [4.69, 9.17) is 24.2 Å². The van der Waals surface area contributed by atoms with Gasteiger partial charge in [0.1, 0.15) is 23.0 Å². The molecular formula is C28H24N2O3. The predicted molar refractivity (Wildman–Crippen MR) is 131 cm³/mol. The molecule has 33 heavy (non-hydrogen) atoms. The van der Waals surface area contributed by atoms with E-state index in [0.29, 0.717) is 0 Å². The topological polar surface area (TPSA) is 53.5 Å². The average Bonchev–Trinajstić information content (AvgIpc) is 2.82. The van der Waals surface area contributed by atoms with Gasteiger partial charge in [-0.3, -0.25) is 0 Å². The van der Waals surface area contributed by atoms with Gasteiger partial charge in [0.05, 0.1) is 40.8 Å². The van der Waals surface area contributed by atoms with Gasteiger partial charge in [-0.25, -0.2) is 9.97 Å². The molecular weight excluding hydrogens is 412 g/mol. The molecule has 0 fully saturated rings. The number of nitrogens with zero attached hydrogens (tertiary/aromatic N) is 2. The highest BCUT2D eigenvalue weighted by Gasteiger charge is 2.15. The lowest BCUT2D eigenvalue weighted by atomic mass is 10.0. The van der Waals surface area contributed by atoms with Gasteiger partial charge in [-0.1, -0.05) is 30.3 Å². The molecule has 5 aromatic rings. The molecule has 0 aliphatic carbocycles. The Morgan fingerprint density at radius 3 is 2.06 bits per heavy atom. The van der Waals surface area contributed by atoms with E-state index in [1.165, 1.54) is 0 Å². The first-order valence-electron chi connectivity index (χ1n) is 10.9. The summed E-state index contributed by atoms with van der Waals surface area (Å²) < 4.78 is 17.6. The van der Waals surface area contributed by atoms with Crippen LogP contribution in [0.3, 0.4) is 0 Å². The average molecular weight is 437 g/mol. The maximum Gasteiger partial charge on any atom is 0.131 e. The van der Waals surface area contributed by atoms with E-state index in [9.17, 15) is 0 Å². The van der Waals surface area contributed by atoms with Crippen LogP contribution in [0.1, 0.15) is 13.8 Å². The van der Waals surface area contributed by atoms with Crippen molar-refractivity contribution < 1.29 is 14.2 Å². The number of rotatable bonds is 6. The fourth-order valence-electron chi connectivity index (χ4n) is 3.82. The van der Waals surface area contributed by atoms with E-state index in [1.54, 1.807) is 7.11 Å². The molecule has 0 saturated heterocycles. The predicted octanol–water partition coefficient (Wildman–Crippen LogP) is 7.04. The smallest absolute Gasteiger partial charge is 0.131 e. The number of aromatic nitrogens is 2. The molecule has 0 atom stereocenters. The molecule has 5 heteroatoms. The zero-order chi connectivity index (χ0) is 22.8. The maximum atomic E-state index is 6.06. The second-order valence-corrected chi connectivity index (χ2v) is 7.99. The quantitative estimate of drug-likeness (QED) is 0.267. The van der Waals surface area contributed by atoms with Crippen LogP contribution in [0.2, 0.25) is 0 Å². The summed E-state index contributed by atoms with van der Waals surface area (Å²) >= 11 is 0. The molecule has 4 aromatic carbocycles. The fourth-order valence-corrected chi connectivity index (χ4v) is 3.82. The lowest BCUT2D eigenvalue weighted by molar-refractivity contribution is 0.242. The Morgan fingerprint density at radius 2 is 1.33 bits per heavy atom. The summed E-state index contributed by atoms with van der Waals surface area (Å²) in [5, 5.41) is 0. The van der Waals surface area contributed by atoms with Crippen LogP contribution in [0.25, 0.3) is 33.2 Å². The van der Waals surface area contributed by atoms with Gasteiger partial charge in [0, 0.05) is 6.07 Å². The van der Waals surface area contributed by atoms with Crippen molar-refractivity contribution >= 4 is 22.1 Å². The molecule has 5 nitrogen and oxygen atoms in total. The number of fused-ring (bicyclic) bond motifs is 2. The van der Waals surface area contributed by atoms with Crippen molar-refractivity contribution in [3.63, 3.8) is 0 Å². The molecule has 0 radical (unpaired) electrons. The Morgan fingerprint density at radius 1 is 0.636 bits per heavy atom. The highest BCUT2D eigenvalue weighted by atomic mass is 16.5. The highest BCUT2D eigenvalue weighted by molar-refractivity contribution is 5.91. The van der Waals surface area contributed by atoms with Crippen molar-refractivity contribution in [1.82, 2.24) is 9.97 Å². The molecule has 0 spiro atoms. The van der Waals surface area contributed by atoms with Crippen LogP contribution in [-0.2, 0) is 0 Å². The monoisotopic (exact) mass is 436 g/mol. The van der Waals surface area contributed by atoms with Crippen molar-refractivity contribution in [2.45, 2.75) is 20.0 Å². The second kappa shape index (κ2) is 8.79. The summed E-state index contributed by atoms with van der Waals surface area (Å²) in [6.07, 6.45) is 0.0485. The number of hydrogen-bond donors (Lipinski definition) is 0. The number of para-hydroxylation sites is 1. The standard InChI is InChI=1S/C28H24N2O3/c1-18(2)32-27-11-7-10-26(31-3)28(27)19-12-14-22-24(16-19)29-23-15-13-21(17-25(23)30-22)33-20-8-5-4-6-9-20/h4-18H,1-3H3. The molecule has 1 aromatic heterocycles. The Hall–Kier alpha value is -4.12. The lowest BCUT2D eigenvalue weighted by Crippen LogP contribution is -2.07. The third-order valence-corrected chi connectivity index (χ3v) is 5.24. The van der Waals surface area contributed by atoms with Gasteiger partial charge in [0.25, 0.3) is 0 Å². The van der Waals surface area contributed by atoms with Gasteiger partial charge < -0.3 is 14.2 Å². The Labute approximate surface area is 192 Å². The molecule has 0 bridgehead atoms. The molecule has 0 amide bonds. The summed E-state index contributed by atoms with van der Waals surface area (Å²) in [5.74, 6) is 3.04. The maximum absolute atomic E-state index is 6.06. The number of methoxy groups -OCH3 is 1. The van der Waals surface area contributed by atoms with Gasteiger partial charge in [-0.15, -0.1) is 0 Å². The van der Waals surface area contributed by atoms with E-state index < -0.39 is 0 Å². The van der Waals surface area contributed by atoms with Crippen molar-refractivity contribution in [2.75, 3.05) is 7.11 Å². The molecule has 1 heterocycles. The third-order valence-electron chi connectivity index (χ3n) is 5.24. The molecule has 0 unspecified atom stereocenters. The summed E-state index contributed by atoms with van der Waals surface area (Å²) in [6.45, 7) is 4.02. The summed E-state index contributed by atoms with van der Waals surface area (Å²) in [7, 11) is 1.67. The van der Waals surface area contributed by atoms with Crippen molar-refractivity contribution in [1.29, 1.82) is 0 Å². The Bertz CT molecular complexity index is 1430. The number of benzene rings is 4. The first kappa shape index (κ1) is 20.8. The van der Waals surface area contributed by atoms with E-state index >= 15 is 0 Å². The normalized spacial score (nSPS) is 11.2. The largest absolute Gasteiger partial charge is 0.496 e. The van der Waals surface area contributed by atoms with Gasteiger partial charge in [-0.05, 0) is 67.9 Å². The zero-order valence-corrected chi connectivity index (χ0v) is 18.8. The molecule has 5 rings (SSSR count). The molecule has 0 saturated carbocycles. The van der Waals surface area contributed by atoms with Crippen LogP contribution in [0.15, 0.2) is 84.9 Å². The van der Waals surface area contributed by atoms with Crippen LogP contribution in [0.4, 0.5) is 0 Å². The molecule has 0 N–H and O–H groups in total. The van der Waals surface area contributed by atoms with Crippen LogP contribution >= 0.6 is 0 Å². The minimum absolute atomic E-state index is 0.0485. The lowest BCUT2D eigenvalue weighted by Gasteiger charge is -2.17. The summed E-state index contributed by atoms with van der Waals surface area (Å²) in [5.41, 5.74) is 5.07. The van der Waals surface area contributed by atoms with E-state index in [2.05, 4.69) is 0 Å². The van der Waals surface area contributed by atoms with Crippen LogP contribution in [0.5, 0.6) is 23.0 Å². The Balaban J connectivity index is 1.56. The highest BCUT2D eigenvalue weighted by Crippen LogP contribution is 2.39. The first-order chi connectivity index (χ1) is 16.1. The number of hydrogen-bond acceptors (Lipinski definition) is 5.